The molecular formula is C9H12O5. The van der Waals surface area contributed by atoms with Crippen LogP contribution < -0.4 is 0 Å². The van der Waals surface area contributed by atoms with Gasteiger partial charge >= 0.3 is 5.97 Å². The second-order valence-electron chi connectivity index (χ2n) is 2.84. The van der Waals surface area contributed by atoms with E-state index < -0.39 is 18.0 Å². The number of aliphatic hydroxyl groups is 2. The minimum Gasteiger partial charge on any atom is -0.505 e. The lowest BCUT2D eigenvalue weighted by Crippen LogP contribution is -2.29. The Bertz CT molecular complexity index is 335. The molecular weight excluding hydrogens is 188 g/mol. The first-order chi connectivity index (χ1) is 6.90. The third-order valence-corrected chi connectivity index (χ3v) is 1.94. The van der Waals surface area contributed by atoms with E-state index in [1.165, 1.54) is 7.11 Å². The van der Waals surface area contributed by atoms with Gasteiger partial charge in [0.1, 0.15) is 5.76 Å². The number of hydrogen-bond donors (Lipinski definition) is 3. The quantitative estimate of drug-likeness (QED) is 0.616. The molecule has 0 spiro atoms. The fourth-order valence-electron chi connectivity index (χ4n) is 1.14. The highest BCUT2D eigenvalue weighted by Gasteiger charge is 2.28. The normalized spacial score (nSPS) is 29.7. The fraction of sp³-hybridized carbons (Fsp3) is 0.444. The Morgan fingerprint density at radius 2 is 2.50 bits per heavy atom. The standard InChI is InChI=1S/C9H12O5/c1-14-7-4-5(2-3-6(7)10)8(11)9(12)13/h2-3,5,8,10-11H,4H2,1H3,(H,12,13)/i5D. The third kappa shape index (κ3) is 2.05. The smallest absolute Gasteiger partial charge is 0.333 e. The fourth-order valence-corrected chi connectivity index (χ4v) is 1.14. The van der Waals surface area contributed by atoms with Crippen LogP contribution in [0, 0.1) is 5.89 Å². The molecule has 1 aliphatic rings. The molecule has 0 aromatic rings. The van der Waals surface area contributed by atoms with Crippen molar-refractivity contribution in [1.82, 2.24) is 0 Å². The van der Waals surface area contributed by atoms with E-state index in [0.717, 1.165) is 12.2 Å². The van der Waals surface area contributed by atoms with Gasteiger partial charge in [0.05, 0.1) is 7.11 Å². The maximum Gasteiger partial charge on any atom is 0.333 e. The van der Waals surface area contributed by atoms with Gasteiger partial charge in [-0.1, -0.05) is 6.08 Å². The van der Waals surface area contributed by atoms with Crippen molar-refractivity contribution in [2.45, 2.75) is 12.5 Å². The van der Waals surface area contributed by atoms with E-state index in [-0.39, 0.29) is 17.9 Å². The Morgan fingerprint density at radius 1 is 1.86 bits per heavy atom. The topological polar surface area (TPSA) is 87.0 Å². The van der Waals surface area contributed by atoms with Crippen LogP contribution in [0.25, 0.3) is 0 Å². The van der Waals surface area contributed by atoms with Gasteiger partial charge < -0.3 is 20.1 Å². The molecule has 2 unspecified atom stereocenters. The molecule has 1 aliphatic carbocycles. The molecule has 5 nitrogen and oxygen atoms in total. The van der Waals surface area contributed by atoms with Crippen LogP contribution in [0.4, 0.5) is 0 Å². The van der Waals surface area contributed by atoms with Gasteiger partial charge in [0.25, 0.3) is 0 Å². The predicted octanol–water partition coefficient (Wildman–Crippen LogP) is 0.424. The molecule has 78 valence electrons. The highest BCUT2D eigenvalue weighted by atomic mass is 16.5. The Labute approximate surface area is 82.3 Å². The lowest BCUT2D eigenvalue weighted by molar-refractivity contribution is -0.148. The van der Waals surface area contributed by atoms with Gasteiger partial charge in [0.2, 0.25) is 0 Å². The largest absolute Gasteiger partial charge is 0.505 e. The summed E-state index contributed by atoms with van der Waals surface area (Å²) in [7, 11) is 1.30. The minimum atomic E-state index is -1.85. The number of aliphatic carboxylic acids is 1. The van der Waals surface area contributed by atoms with Crippen molar-refractivity contribution in [3.63, 3.8) is 0 Å². The monoisotopic (exact) mass is 201 g/mol. The minimum absolute atomic E-state index is 0.0906. The number of hydrogen-bond acceptors (Lipinski definition) is 4. The molecule has 0 heterocycles. The van der Waals surface area contributed by atoms with Crippen LogP contribution in [0.5, 0.6) is 0 Å². The van der Waals surface area contributed by atoms with Gasteiger partial charge in [-0.25, -0.2) is 4.79 Å². The molecule has 0 aliphatic heterocycles. The van der Waals surface area contributed by atoms with Crippen LogP contribution >= 0.6 is 0 Å². The number of rotatable bonds is 3. The summed E-state index contributed by atoms with van der Waals surface area (Å²) in [5, 5.41) is 27.2. The lowest BCUT2D eigenvalue weighted by atomic mass is 9.93. The summed E-state index contributed by atoms with van der Waals surface area (Å²) in [4.78, 5) is 10.6. The van der Waals surface area contributed by atoms with Crippen molar-refractivity contribution in [1.29, 1.82) is 0 Å². The first-order valence-electron chi connectivity index (χ1n) is 4.47. The number of carboxylic acids is 1. The van der Waals surface area contributed by atoms with Crippen LogP contribution in [0.1, 0.15) is 7.79 Å². The van der Waals surface area contributed by atoms with Crippen molar-refractivity contribution in [3.8, 4) is 0 Å². The van der Waals surface area contributed by atoms with E-state index in [0.29, 0.717) is 0 Å². The van der Waals surface area contributed by atoms with Gasteiger partial charge in [-0.2, -0.15) is 0 Å². The summed E-state index contributed by atoms with van der Waals surface area (Å²) < 4.78 is 12.5. The summed E-state index contributed by atoms with van der Waals surface area (Å²) in [5.74, 6) is -3.25. The van der Waals surface area contributed by atoms with Crippen LogP contribution in [0.2, 0.25) is 0 Å². The average molecular weight is 201 g/mol. The Morgan fingerprint density at radius 3 is 3.00 bits per heavy atom. The zero-order chi connectivity index (χ0) is 11.6. The van der Waals surface area contributed by atoms with Crippen molar-refractivity contribution in [2.75, 3.05) is 7.11 Å². The highest BCUT2D eigenvalue weighted by Crippen LogP contribution is 2.25. The molecule has 2 atom stereocenters. The maximum absolute atomic E-state index is 10.6. The molecule has 0 aromatic carbocycles. The first kappa shape index (κ1) is 9.08. The Kier molecular flexibility index (Phi) is 2.69. The highest BCUT2D eigenvalue weighted by molar-refractivity contribution is 5.72. The van der Waals surface area contributed by atoms with Crippen LogP contribution in [-0.4, -0.2) is 34.5 Å². The molecule has 0 saturated carbocycles. The summed E-state index contributed by atoms with van der Waals surface area (Å²) in [6.45, 7) is 0. The molecule has 0 amide bonds. The van der Waals surface area contributed by atoms with Gasteiger partial charge in [-0.05, 0) is 6.08 Å². The van der Waals surface area contributed by atoms with Crippen molar-refractivity contribution in [3.05, 3.63) is 23.7 Å². The molecule has 0 fully saturated rings. The number of carboxylic acid groups (broad SMARTS) is 1. The van der Waals surface area contributed by atoms with Gasteiger partial charge in [-0.15, -0.1) is 0 Å². The van der Waals surface area contributed by atoms with E-state index in [9.17, 15) is 15.0 Å². The number of ether oxygens (including phenoxy) is 1. The molecule has 14 heavy (non-hydrogen) atoms. The summed E-state index contributed by atoms with van der Waals surface area (Å²) in [6, 6.07) is 0. The van der Waals surface area contributed by atoms with E-state index in [2.05, 4.69) is 0 Å². The third-order valence-electron chi connectivity index (χ3n) is 1.94. The maximum atomic E-state index is 10.6. The van der Waals surface area contributed by atoms with Crippen molar-refractivity contribution in [2.24, 2.45) is 5.89 Å². The van der Waals surface area contributed by atoms with Crippen LogP contribution in [0.15, 0.2) is 23.7 Å². The molecule has 0 aromatic heterocycles. The molecule has 0 bridgehead atoms. The number of methoxy groups -OCH3 is 1. The molecule has 0 radical (unpaired) electrons. The molecule has 0 saturated heterocycles. The Hall–Kier alpha value is -1.49. The summed E-state index contributed by atoms with van der Waals surface area (Å²) in [5.41, 5.74) is 0. The van der Waals surface area contributed by atoms with Crippen molar-refractivity contribution >= 4 is 5.97 Å². The van der Waals surface area contributed by atoms with Gasteiger partial charge in [0.15, 0.2) is 11.9 Å². The molecule has 3 N–H and O–H groups in total. The van der Waals surface area contributed by atoms with Gasteiger partial charge in [-0.3, -0.25) is 0 Å². The van der Waals surface area contributed by atoms with E-state index in [1.807, 2.05) is 0 Å². The van der Waals surface area contributed by atoms with Crippen molar-refractivity contribution < 1.29 is 26.2 Å². The second-order valence-corrected chi connectivity index (χ2v) is 2.84. The van der Waals surface area contributed by atoms with Gasteiger partial charge in [0, 0.05) is 13.7 Å². The zero-order valence-electron chi connectivity index (χ0n) is 8.60. The molecule has 1 rings (SSSR count). The SMILES string of the molecule is [2H]C1(C(O)C(=O)O)C=CC(O)=C(OC)C1. The van der Waals surface area contributed by atoms with Crippen LogP contribution in [-0.2, 0) is 9.53 Å². The Balaban J connectivity index is 2.94. The zero-order valence-corrected chi connectivity index (χ0v) is 7.60. The van der Waals surface area contributed by atoms with Crippen LogP contribution in [0.3, 0.4) is 0 Å². The summed E-state index contributed by atoms with van der Waals surface area (Å²) in [6.07, 6.45) is 0.261. The molecule has 5 heteroatoms. The van der Waals surface area contributed by atoms with E-state index in [1.54, 1.807) is 0 Å². The predicted molar refractivity (Wildman–Crippen MR) is 47.6 cm³/mol. The number of aliphatic hydroxyl groups excluding tert-OH is 2. The number of carbonyl (C=O) groups is 1. The first-order valence-corrected chi connectivity index (χ1v) is 3.97. The average Bonchev–Trinajstić information content (AvgIpc) is 2.20. The summed E-state index contributed by atoms with van der Waals surface area (Å²) >= 11 is 0. The number of allylic oxidation sites excluding steroid dienone is 2. The van der Waals surface area contributed by atoms with E-state index in [4.69, 9.17) is 11.2 Å². The lowest BCUT2D eigenvalue weighted by Gasteiger charge is -2.21. The second kappa shape index (κ2) is 4.15. The van der Waals surface area contributed by atoms with E-state index >= 15 is 0 Å².